The van der Waals surface area contributed by atoms with Gasteiger partial charge in [0.05, 0.1) is 5.92 Å². The Labute approximate surface area is 121 Å². The van der Waals surface area contributed by atoms with Crippen LogP contribution in [0.5, 0.6) is 0 Å². The molecule has 5 heteroatoms. The van der Waals surface area contributed by atoms with Crippen molar-refractivity contribution in [1.82, 2.24) is 9.80 Å². The lowest BCUT2D eigenvalue weighted by Crippen LogP contribution is -2.47. The van der Waals surface area contributed by atoms with Crippen LogP contribution in [0, 0.1) is 11.8 Å². The molecule has 1 aliphatic rings. The highest BCUT2D eigenvalue weighted by atomic mass is 16.4. The summed E-state index contributed by atoms with van der Waals surface area (Å²) in [6, 6.07) is 0.160. The lowest BCUT2D eigenvalue weighted by atomic mass is 9.80. The largest absolute Gasteiger partial charge is 0.481 e. The molecule has 3 atom stereocenters. The normalized spacial score (nSPS) is 24.4. The molecule has 0 aromatic heterocycles. The number of carboxylic acid groups (broad SMARTS) is 1. The van der Waals surface area contributed by atoms with Gasteiger partial charge in [0.25, 0.3) is 0 Å². The van der Waals surface area contributed by atoms with Crippen molar-refractivity contribution in [2.75, 3.05) is 27.2 Å². The van der Waals surface area contributed by atoms with E-state index < -0.39 is 5.97 Å². The predicted molar refractivity (Wildman–Crippen MR) is 78.5 cm³/mol. The number of nitrogens with zero attached hydrogens (tertiary/aromatic N) is 2. The Morgan fingerprint density at radius 3 is 2.35 bits per heavy atom. The number of hydrogen-bond acceptors (Lipinski definition) is 3. The number of rotatable bonds is 6. The summed E-state index contributed by atoms with van der Waals surface area (Å²) in [5.74, 6) is -1.09. The Morgan fingerprint density at radius 2 is 1.85 bits per heavy atom. The first-order valence-corrected chi connectivity index (χ1v) is 7.54. The van der Waals surface area contributed by atoms with E-state index in [0.717, 1.165) is 19.4 Å². The summed E-state index contributed by atoms with van der Waals surface area (Å²) < 4.78 is 0. The topological polar surface area (TPSA) is 60.9 Å². The minimum Gasteiger partial charge on any atom is -0.481 e. The summed E-state index contributed by atoms with van der Waals surface area (Å²) in [4.78, 5) is 27.7. The Morgan fingerprint density at radius 1 is 1.25 bits per heavy atom. The SMILES string of the molecule is CCN(C(=O)C1CCCC(C(=O)O)C1)C(C)CN(C)C. The number of amides is 1. The average Bonchev–Trinajstić information content (AvgIpc) is 2.38. The molecule has 20 heavy (non-hydrogen) atoms. The zero-order chi connectivity index (χ0) is 15.3. The smallest absolute Gasteiger partial charge is 0.306 e. The number of carbonyl (C=O) groups excluding carboxylic acids is 1. The van der Waals surface area contributed by atoms with Gasteiger partial charge < -0.3 is 14.9 Å². The van der Waals surface area contributed by atoms with E-state index in [1.165, 1.54) is 0 Å². The number of carbonyl (C=O) groups is 2. The minimum atomic E-state index is -0.758. The van der Waals surface area contributed by atoms with Gasteiger partial charge >= 0.3 is 5.97 Å². The van der Waals surface area contributed by atoms with Crippen molar-refractivity contribution >= 4 is 11.9 Å². The van der Waals surface area contributed by atoms with E-state index >= 15 is 0 Å². The zero-order valence-corrected chi connectivity index (χ0v) is 13.1. The van der Waals surface area contributed by atoms with Gasteiger partial charge in [0.1, 0.15) is 0 Å². The molecule has 3 unspecified atom stereocenters. The van der Waals surface area contributed by atoms with E-state index in [2.05, 4.69) is 11.8 Å². The summed E-state index contributed by atoms with van der Waals surface area (Å²) in [7, 11) is 3.99. The highest BCUT2D eigenvalue weighted by Gasteiger charge is 2.34. The third-order valence-corrected chi connectivity index (χ3v) is 4.16. The lowest BCUT2D eigenvalue weighted by molar-refractivity contribution is -0.146. The number of aliphatic carboxylic acids is 1. The summed E-state index contributed by atoms with van der Waals surface area (Å²) in [5, 5.41) is 9.13. The van der Waals surface area contributed by atoms with Gasteiger partial charge in [0.2, 0.25) is 5.91 Å². The Hall–Kier alpha value is -1.10. The molecule has 5 nitrogen and oxygen atoms in total. The molecule has 1 rings (SSSR count). The van der Waals surface area contributed by atoms with E-state index in [-0.39, 0.29) is 23.8 Å². The van der Waals surface area contributed by atoms with Gasteiger partial charge in [-0.2, -0.15) is 0 Å². The molecule has 0 saturated heterocycles. The molecule has 0 bridgehead atoms. The Bertz CT molecular complexity index is 344. The third kappa shape index (κ3) is 4.47. The highest BCUT2D eigenvalue weighted by Crippen LogP contribution is 2.31. The molecule has 1 saturated carbocycles. The summed E-state index contributed by atoms with van der Waals surface area (Å²) >= 11 is 0. The fourth-order valence-corrected chi connectivity index (χ4v) is 3.18. The fourth-order valence-electron chi connectivity index (χ4n) is 3.18. The molecule has 1 amide bonds. The van der Waals surface area contributed by atoms with Crippen LogP contribution >= 0.6 is 0 Å². The first kappa shape index (κ1) is 17.0. The van der Waals surface area contributed by atoms with Crippen LogP contribution in [-0.4, -0.2) is 60.0 Å². The van der Waals surface area contributed by atoms with E-state index in [0.29, 0.717) is 19.4 Å². The van der Waals surface area contributed by atoms with Crippen molar-refractivity contribution in [1.29, 1.82) is 0 Å². The molecule has 1 fully saturated rings. The van der Waals surface area contributed by atoms with E-state index in [1.54, 1.807) is 0 Å². The molecule has 0 aliphatic heterocycles. The number of hydrogen-bond donors (Lipinski definition) is 1. The monoisotopic (exact) mass is 284 g/mol. The van der Waals surface area contributed by atoms with Crippen molar-refractivity contribution in [3.05, 3.63) is 0 Å². The van der Waals surface area contributed by atoms with Crippen molar-refractivity contribution in [3.63, 3.8) is 0 Å². The van der Waals surface area contributed by atoms with Crippen LogP contribution in [0.25, 0.3) is 0 Å². The van der Waals surface area contributed by atoms with Gasteiger partial charge in [0, 0.05) is 25.0 Å². The third-order valence-electron chi connectivity index (χ3n) is 4.16. The van der Waals surface area contributed by atoms with Crippen LogP contribution in [0.4, 0.5) is 0 Å². The van der Waals surface area contributed by atoms with Gasteiger partial charge in [-0.05, 0) is 47.2 Å². The maximum atomic E-state index is 12.6. The van der Waals surface area contributed by atoms with Gasteiger partial charge in [-0.1, -0.05) is 6.42 Å². The van der Waals surface area contributed by atoms with Crippen molar-refractivity contribution in [2.24, 2.45) is 11.8 Å². The van der Waals surface area contributed by atoms with E-state index in [4.69, 9.17) is 5.11 Å². The average molecular weight is 284 g/mol. The summed E-state index contributed by atoms with van der Waals surface area (Å²) in [6.45, 7) is 5.55. The zero-order valence-electron chi connectivity index (χ0n) is 13.1. The molecule has 1 N–H and O–H groups in total. The standard InChI is InChI=1S/C15H28N2O3/c1-5-17(11(2)10-16(3)4)14(18)12-7-6-8-13(9-12)15(19)20/h11-13H,5-10H2,1-4H3,(H,19,20). The molecule has 0 heterocycles. The van der Waals surface area contributed by atoms with Crippen LogP contribution in [0.15, 0.2) is 0 Å². The van der Waals surface area contributed by atoms with Gasteiger partial charge in [-0.15, -0.1) is 0 Å². The summed E-state index contributed by atoms with van der Waals surface area (Å²) in [5.41, 5.74) is 0. The highest BCUT2D eigenvalue weighted by molar-refractivity contribution is 5.80. The second kappa shape index (κ2) is 7.62. The van der Waals surface area contributed by atoms with Crippen LogP contribution in [-0.2, 0) is 9.59 Å². The molecular weight excluding hydrogens is 256 g/mol. The van der Waals surface area contributed by atoms with E-state index in [1.807, 2.05) is 25.9 Å². The second-order valence-electron chi connectivity index (χ2n) is 6.13. The molecule has 1 aliphatic carbocycles. The molecule has 0 spiro atoms. The molecule has 0 aromatic rings. The van der Waals surface area contributed by atoms with Crippen LogP contribution in [0.3, 0.4) is 0 Å². The molecule has 0 aromatic carbocycles. The van der Waals surface area contributed by atoms with Crippen molar-refractivity contribution in [3.8, 4) is 0 Å². The summed E-state index contributed by atoms with van der Waals surface area (Å²) in [6.07, 6.45) is 2.87. The van der Waals surface area contributed by atoms with Crippen molar-refractivity contribution in [2.45, 2.75) is 45.6 Å². The maximum Gasteiger partial charge on any atom is 0.306 e. The van der Waals surface area contributed by atoms with E-state index in [9.17, 15) is 9.59 Å². The van der Waals surface area contributed by atoms with Gasteiger partial charge in [-0.25, -0.2) is 0 Å². The van der Waals surface area contributed by atoms with Gasteiger partial charge in [0.15, 0.2) is 0 Å². The van der Waals surface area contributed by atoms with Crippen molar-refractivity contribution < 1.29 is 14.7 Å². The second-order valence-corrected chi connectivity index (χ2v) is 6.13. The van der Waals surface area contributed by atoms with Gasteiger partial charge in [-0.3, -0.25) is 9.59 Å². The van der Waals surface area contributed by atoms with Crippen LogP contribution < -0.4 is 0 Å². The lowest BCUT2D eigenvalue weighted by Gasteiger charge is -2.35. The molecular formula is C15H28N2O3. The fraction of sp³-hybridized carbons (Fsp3) is 0.867. The Balaban J connectivity index is 2.68. The number of likely N-dealkylation sites (N-methyl/N-ethyl adjacent to an activating group) is 2. The quantitative estimate of drug-likeness (QED) is 0.806. The Kier molecular flexibility index (Phi) is 6.46. The first-order chi connectivity index (χ1) is 9.36. The predicted octanol–water partition coefficient (Wildman–Crippen LogP) is 1.68. The maximum absolute atomic E-state index is 12.6. The minimum absolute atomic E-state index is 0.116. The molecule has 0 radical (unpaired) electrons. The first-order valence-electron chi connectivity index (χ1n) is 7.54. The van der Waals surface area contributed by atoms with Crippen LogP contribution in [0.2, 0.25) is 0 Å². The molecule has 116 valence electrons. The number of carboxylic acids is 1. The van der Waals surface area contributed by atoms with Crippen LogP contribution in [0.1, 0.15) is 39.5 Å².